The summed E-state index contributed by atoms with van der Waals surface area (Å²) in [6, 6.07) is 3.66. The highest BCUT2D eigenvalue weighted by Crippen LogP contribution is 2.38. The molecule has 4 N–H and O–H groups in total. The summed E-state index contributed by atoms with van der Waals surface area (Å²) in [6.45, 7) is 2.64. The summed E-state index contributed by atoms with van der Waals surface area (Å²) in [5, 5.41) is 21.8. The minimum absolute atomic E-state index is 0.150. The first-order chi connectivity index (χ1) is 7.15. The molecule has 1 aromatic carbocycles. The van der Waals surface area contributed by atoms with Crippen LogP contribution in [0.1, 0.15) is 30.2 Å². The van der Waals surface area contributed by atoms with Gasteiger partial charge in [-0.05, 0) is 18.6 Å². The maximum absolute atomic E-state index is 9.97. The van der Waals surface area contributed by atoms with Crippen LogP contribution in [0.25, 0.3) is 0 Å². The third-order valence-electron chi connectivity index (χ3n) is 2.96. The van der Waals surface area contributed by atoms with Gasteiger partial charge in [0.15, 0.2) is 11.5 Å². The summed E-state index contributed by atoms with van der Waals surface area (Å²) in [7, 11) is 1.52. The quantitative estimate of drug-likeness (QED) is 0.614. The van der Waals surface area contributed by atoms with Crippen molar-refractivity contribution in [2.75, 3.05) is 13.7 Å². The van der Waals surface area contributed by atoms with E-state index >= 15 is 0 Å². The first-order valence-corrected chi connectivity index (χ1v) is 5.06. The Balaban J connectivity index is 2.58. The Morgan fingerprint density at radius 2 is 2.20 bits per heavy atom. The molecule has 0 bridgehead atoms. The number of aliphatic hydroxyl groups is 1. The van der Waals surface area contributed by atoms with E-state index in [1.807, 2.05) is 18.3 Å². The fourth-order valence-corrected chi connectivity index (χ4v) is 2.12. The van der Waals surface area contributed by atoms with Gasteiger partial charge in [-0.3, -0.25) is 0 Å². The molecule has 0 aromatic heterocycles. The molecule has 0 unspecified atom stereocenters. The van der Waals surface area contributed by atoms with E-state index in [-0.39, 0.29) is 11.8 Å². The van der Waals surface area contributed by atoms with E-state index in [2.05, 4.69) is 0 Å². The number of hydrogen-bond donors (Lipinski definition) is 3. The van der Waals surface area contributed by atoms with Crippen LogP contribution < -0.4 is 10.1 Å². The summed E-state index contributed by atoms with van der Waals surface area (Å²) < 4.78 is 5.05. The SMILES string of the molecule is COc1ccc2c(c1O)[C@H](C)[NH2+]C[C@H]2O. The maximum Gasteiger partial charge on any atom is 0.167 e. The Kier molecular flexibility index (Phi) is 2.54. The van der Waals surface area contributed by atoms with E-state index in [1.54, 1.807) is 6.07 Å². The van der Waals surface area contributed by atoms with Gasteiger partial charge in [0.1, 0.15) is 18.7 Å². The van der Waals surface area contributed by atoms with Gasteiger partial charge in [-0.2, -0.15) is 0 Å². The third-order valence-corrected chi connectivity index (χ3v) is 2.96. The largest absolute Gasteiger partial charge is 0.504 e. The molecule has 1 aromatic rings. The topological polar surface area (TPSA) is 66.3 Å². The first-order valence-electron chi connectivity index (χ1n) is 5.06. The van der Waals surface area contributed by atoms with Gasteiger partial charge >= 0.3 is 0 Å². The highest BCUT2D eigenvalue weighted by Gasteiger charge is 2.30. The molecule has 2 atom stereocenters. The lowest BCUT2D eigenvalue weighted by molar-refractivity contribution is -0.703. The fraction of sp³-hybridized carbons (Fsp3) is 0.455. The molecule has 4 heteroatoms. The molecule has 0 saturated carbocycles. The monoisotopic (exact) mass is 210 g/mol. The van der Waals surface area contributed by atoms with Gasteiger partial charge in [-0.1, -0.05) is 6.07 Å². The van der Waals surface area contributed by atoms with Crippen molar-refractivity contribution in [3.05, 3.63) is 23.3 Å². The van der Waals surface area contributed by atoms with Crippen LogP contribution in [0, 0.1) is 0 Å². The maximum atomic E-state index is 9.97. The molecule has 4 nitrogen and oxygen atoms in total. The number of benzene rings is 1. The van der Waals surface area contributed by atoms with Crippen LogP contribution in [0.3, 0.4) is 0 Å². The zero-order valence-electron chi connectivity index (χ0n) is 8.90. The molecule has 1 aliphatic rings. The number of aromatic hydroxyl groups is 1. The van der Waals surface area contributed by atoms with E-state index in [1.165, 1.54) is 7.11 Å². The molecule has 0 spiro atoms. The van der Waals surface area contributed by atoms with Crippen molar-refractivity contribution in [1.29, 1.82) is 0 Å². The lowest BCUT2D eigenvalue weighted by atomic mass is 9.92. The lowest BCUT2D eigenvalue weighted by Gasteiger charge is -2.26. The lowest BCUT2D eigenvalue weighted by Crippen LogP contribution is -2.87. The second kappa shape index (κ2) is 3.72. The molecule has 2 rings (SSSR count). The number of nitrogens with two attached hydrogens (primary N) is 1. The highest BCUT2D eigenvalue weighted by molar-refractivity contribution is 5.51. The van der Waals surface area contributed by atoms with Crippen molar-refractivity contribution in [1.82, 2.24) is 0 Å². The van der Waals surface area contributed by atoms with Crippen molar-refractivity contribution in [3.8, 4) is 11.5 Å². The van der Waals surface area contributed by atoms with Crippen molar-refractivity contribution in [2.24, 2.45) is 0 Å². The second-order valence-corrected chi connectivity index (χ2v) is 3.90. The standard InChI is InChI=1S/C11H15NO3/c1-6-10-7(8(13)5-12-6)3-4-9(15-2)11(10)14/h3-4,6,8,12-14H,5H2,1-2H3/p+1/t6-,8+/m0/s1. The zero-order valence-corrected chi connectivity index (χ0v) is 8.90. The van der Waals surface area contributed by atoms with E-state index in [0.29, 0.717) is 12.3 Å². The van der Waals surface area contributed by atoms with Crippen molar-refractivity contribution >= 4 is 0 Å². The van der Waals surface area contributed by atoms with Crippen LogP contribution >= 0.6 is 0 Å². The molecule has 0 amide bonds. The van der Waals surface area contributed by atoms with Gasteiger partial charge in [0.25, 0.3) is 0 Å². The van der Waals surface area contributed by atoms with Crippen LogP contribution in [-0.4, -0.2) is 23.9 Å². The predicted molar refractivity (Wildman–Crippen MR) is 54.8 cm³/mol. The Labute approximate surface area is 88.5 Å². The van der Waals surface area contributed by atoms with Gasteiger partial charge in [-0.15, -0.1) is 0 Å². The van der Waals surface area contributed by atoms with Crippen LogP contribution in [0.15, 0.2) is 12.1 Å². The van der Waals surface area contributed by atoms with Crippen LogP contribution in [0.2, 0.25) is 0 Å². The number of hydrogen-bond acceptors (Lipinski definition) is 3. The van der Waals surface area contributed by atoms with Crippen LogP contribution in [-0.2, 0) is 0 Å². The Morgan fingerprint density at radius 3 is 2.87 bits per heavy atom. The van der Waals surface area contributed by atoms with Gasteiger partial charge in [-0.25, -0.2) is 0 Å². The van der Waals surface area contributed by atoms with Crippen molar-refractivity contribution in [2.45, 2.75) is 19.1 Å². The molecule has 0 aliphatic carbocycles. The van der Waals surface area contributed by atoms with Crippen molar-refractivity contribution in [3.63, 3.8) is 0 Å². The fourth-order valence-electron chi connectivity index (χ4n) is 2.12. The highest BCUT2D eigenvalue weighted by atomic mass is 16.5. The molecule has 1 heterocycles. The summed E-state index contributed by atoms with van der Waals surface area (Å²) >= 11 is 0. The number of aliphatic hydroxyl groups excluding tert-OH is 1. The number of methoxy groups -OCH3 is 1. The van der Waals surface area contributed by atoms with E-state index in [9.17, 15) is 10.2 Å². The normalized spacial score (nSPS) is 24.7. The summed E-state index contributed by atoms with van der Waals surface area (Å²) in [5.41, 5.74) is 1.59. The Hall–Kier alpha value is -1.26. The van der Waals surface area contributed by atoms with Crippen LogP contribution in [0.4, 0.5) is 0 Å². The van der Waals surface area contributed by atoms with E-state index in [4.69, 9.17) is 4.74 Å². The van der Waals surface area contributed by atoms with Gasteiger partial charge in [0, 0.05) is 0 Å². The average molecular weight is 210 g/mol. The number of quaternary nitrogens is 1. The van der Waals surface area contributed by atoms with E-state index < -0.39 is 6.10 Å². The van der Waals surface area contributed by atoms with Crippen molar-refractivity contribution < 1.29 is 20.3 Å². The minimum Gasteiger partial charge on any atom is -0.504 e. The molecule has 0 fully saturated rings. The average Bonchev–Trinajstić information content (AvgIpc) is 2.23. The molecule has 0 radical (unpaired) electrons. The van der Waals surface area contributed by atoms with Gasteiger partial charge in [0.05, 0.1) is 12.7 Å². The molecule has 82 valence electrons. The van der Waals surface area contributed by atoms with Gasteiger partial charge in [0.2, 0.25) is 0 Å². The Morgan fingerprint density at radius 1 is 1.47 bits per heavy atom. The number of rotatable bonds is 1. The second-order valence-electron chi connectivity index (χ2n) is 3.90. The molecule has 15 heavy (non-hydrogen) atoms. The number of phenolic OH excluding ortho intramolecular Hbond substituents is 1. The summed E-state index contributed by atoms with van der Waals surface area (Å²) in [5.74, 6) is 0.612. The first kappa shape index (κ1) is 10.3. The Bertz CT molecular complexity index is 378. The number of fused-ring (bicyclic) bond motifs is 1. The van der Waals surface area contributed by atoms with E-state index in [0.717, 1.165) is 11.1 Å². The number of ether oxygens (including phenoxy) is 1. The third kappa shape index (κ3) is 1.56. The van der Waals surface area contributed by atoms with Gasteiger partial charge < -0.3 is 20.3 Å². The minimum atomic E-state index is -0.506. The molecule has 1 aliphatic heterocycles. The predicted octanol–water partition coefficient (Wildman–Crippen LogP) is 0.0722. The molecular weight excluding hydrogens is 194 g/mol. The zero-order chi connectivity index (χ0) is 11.0. The smallest absolute Gasteiger partial charge is 0.167 e. The molecular formula is C11H16NO3+. The van der Waals surface area contributed by atoms with Crippen LogP contribution in [0.5, 0.6) is 11.5 Å². The number of phenols is 1. The summed E-state index contributed by atoms with van der Waals surface area (Å²) in [4.78, 5) is 0. The molecule has 0 saturated heterocycles. The summed E-state index contributed by atoms with van der Waals surface area (Å²) in [6.07, 6.45) is -0.506.